The minimum absolute atomic E-state index is 0.176. The highest BCUT2D eigenvalue weighted by atomic mass is 15.0. The number of fused-ring (bicyclic) bond motifs is 3. The number of aromatic nitrogens is 3. The lowest BCUT2D eigenvalue weighted by molar-refractivity contribution is 0.660. The van der Waals surface area contributed by atoms with Crippen molar-refractivity contribution in [2.45, 2.75) is 19.3 Å². The fraction of sp³-hybridized carbons (Fsp3) is 0.0545. The Balaban J connectivity index is 1.02. The van der Waals surface area contributed by atoms with Gasteiger partial charge in [-0.15, -0.1) is 0 Å². The van der Waals surface area contributed by atoms with Crippen molar-refractivity contribution >= 4 is 0 Å². The molecule has 0 spiro atoms. The van der Waals surface area contributed by atoms with Gasteiger partial charge in [-0.05, 0) is 97.1 Å². The van der Waals surface area contributed by atoms with E-state index in [1.807, 2.05) is 24.3 Å². The number of rotatable bonds is 7. The first-order valence-corrected chi connectivity index (χ1v) is 19.9. The lowest BCUT2D eigenvalue weighted by Gasteiger charge is -2.21. The Morgan fingerprint density at radius 3 is 1.27 bits per heavy atom. The van der Waals surface area contributed by atoms with Gasteiger partial charge in [-0.25, -0.2) is 15.0 Å². The van der Waals surface area contributed by atoms with E-state index < -0.39 is 0 Å². The summed E-state index contributed by atoms with van der Waals surface area (Å²) in [5.74, 6) is 1.85. The highest BCUT2D eigenvalue weighted by molar-refractivity contribution is 5.86. The van der Waals surface area contributed by atoms with E-state index in [2.05, 4.69) is 190 Å². The molecule has 0 bridgehead atoms. The Kier molecular flexibility index (Phi) is 8.85. The summed E-state index contributed by atoms with van der Waals surface area (Å²) in [6.07, 6.45) is 0. The van der Waals surface area contributed by atoms with Gasteiger partial charge in [0.05, 0.1) is 11.6 Å². The minimum Gasteiger partial charge on any atom is -0.208 e. The van der Waals surface area contributed by atoms with Crippen LogP contribution in [0.15, 0.2) is 194 Å². The molecule has 0 N–H and O–H groups in total. The fourth-order valence-corrected chi connectivity index (χ4v) is 8.37. The average Bonchev–Trinajstić information content (AvgIpc) is 3.54. The van der Waals surface area contributed by atoms with Crippen molar-refractivity contribution in [2.75, 3.05) is 0 Å². The van der Waals surface area contributed by atoms with Crippen molar-refractivity contribution in [3.8, 4) is 95.9 Å². The monoisotopic (exact) mass is 754 g/mol. The Labute approximate surface area is 344 Å². The van der Waals surface area contributed by atoms with Gasteiger partial charge in [-0.2, -0.15) is 5.26 Å². The minimum atomic E-state index is -0.176. The maximum atomic E-state index is 9.59. The van der Waals surface area contributed by atoms with Gasteiger partial charge in [0, 0.05) is 22.1 Å². The number of nitriles is 1. The van der Waals surface area contributed by atoms with Crippen LogP contribution in [0, 0.1) is 11.3 Å². The molecule has 0 unspecified atom stereocenters. The summed E-state index contributed by atoms with van der Waals surface area (Å²) < 4.78 is 0. The molecule has 0 radical (unpaired) electrons. The molecule has 1 aromatic heterocycles. The maximum Gasteiger partial charge on any atom is 0.164 e. The molecule has 4 heteroatoms. The summed E-state index contributed by atoms with van der Waals surface area (Å²) in [5, 5.41) is 9.59. The van der Waals surface area contributed by atoms with Crippen LogP contribution in [-0.4, -0.2) is 15.0 Å². The quantitative estimate of drug-likeness (QED) is 0.163. The van der Waals surface area contributed by atoms with Crippen LogP contribution >= 0.6 is 0 Å². The summed E-state index contributed by atoms with van der Waals surface area (Å²) in [6, 6.07) is 70.0. The van der Waals surface area contributed by atoms with E-state index in [1.165, 1.54) is 22.3 Å². The van der Waals surface area contributed by atoms with Gasteiger partial charge in [-0.1, -0.05) is 178 Å². The normalized spacial score (nSPS) is 12.4. The molecule has 0 saturated heterocycles. The predicted molar refractivity (Wildman–Crippen MR) is 240 cm³/mol. The Morgan fingerprint density at radius 2 is 0.746 bits per heavy atom. The number of hydrogen-bond donors (Lipinski definition) is 0. The molecule has 59 heavy (non-hydrogen) atoms. The Hall–Kier alpha value is -7.74. The smallest absolute Gasteiger partial charge is 0.164 e. The van der Waals surface area contributed by atoms with Gasteiger partial charge >= 0.3 is 0 Å². The van der Waals surface area contributed by atoms with Crippen LogP contribution in [0.1, 0.15) is 30.5 Å². The summed E-state index contributed by atoms with van der Waals surface area (Å²) in [4.78, 5) is 15.3. The zero-order chi connectivity index (χ0) is 39.9. The van der Waals surface area contributed by atoms with E-state index in [4.69, 9.17) is 15.0 Å². The van der Waals surface area contributed by atoms with E-state index in [1.54, 1.807) is 0 Å². The number of benzene rings is 8. The van der Waals surface area contributed by atoms with Gasteiger partial charge in [0.2, 0.25) is 0 Å². The lowest BCUT2D eigenvalue weighted by Crippen LogP contribution is -2.15. The molecule has 0 amide bonds. The SMILES string of the molecule is CC1(C)c2ccc(-c3cccc(-c4cccc(-c5nc(-c6ccc(-c7ccccc7)cc6)nc(-c6ccc(-c7ccccc7)cc6)n5)c4)c3)cc2-c2ccc(C#N)cc21. The van der Waals surface area contributed by atoms with Crippen LogP contribution in [0.25, 0.3) is 89.8 Å². The first-order chi connectivity index (χ1) is 28.9. The van der Waals surface area contributed by atoms with Crippen LogP contribution < -0.4 is 0 Å². The lowest BCUT2D eigenvalue weighted by atomic mass is 9.81. The van der Waals surface area contributed by atoms with Crippen molar-refractivity contribution in [3.05, 3.63) is 211 Å². The number of hydrogen-bond acceptors (Lipinski definition) is 4. The highest BCUT2D eigenvalue weighted by Gasteiger charge is 2.35. The molecule has 278 valence electrons. The molecule has 1 aliphatic rings. The van der Waals surface area contributed by atoms with Crippen molar-refractivity contribution in [3.63, 3.8) is 0 Å². The summed E-state index contributed by atoms with van der Waals surface area (Å²) in [7, 11) is 0. The first-order valence-electron chi connectivity index (χ1n) is 19.9. The van der Waals surface area contributed by atoms with E-state index in [0.29, 0.717) is 23.0 Å². The van der Waals surface area contributed by atoms with E-state index >= 15 is 0 Å². The first kappa shape index (κ1) is 35.7. The largest absolute Gasteiger partial charge is 0.208 e. The van der Waals surface area contributed by atoms with Crippen LogP contribution in [0.4, 0.5) is 0 Å². The number of nitrogens with zero attached hydrogens (tertiary/aromatic N) is 4. The molecule has 1 heterocycles. The second kappa shape index (κ2) is 14.6. The van der Waals surface area contributed by atoms with Crippen molar-refractivity contribution in [1.29, 1.82) is 5.26 Å². The van der Waals surface area contributed by atoms with E-state index in [-0.39, 0.29) is 5.41 Å². The molecule has 0 atom stereocenters. The zero-order valence-electron chi connectivity index (χ0n) is 32.8. The Bertz CT molecular complexity index is 2950. The molecule has 1 aliphatic carbocycles. The van der Waals surface area contributed by atoms with Crippen LogP contribution in [0.5, 0.6) is 0 Å². The van der Waals surface area contributed by atoms with Gasteiger partial charge in [0.1, 0.15) is 0 Å². The second-order valence-electron chi connectivity index (χ2n) is 15.6. The van der Waals surface area contributed by atoms with Gasteiger partial charge in [-0.3, -0.25) is 0 Å². The second-order valence-corrected chi connectivity index (χ2v) is 15.6. The molecule has 10 rings (SSSR count). The molecule has 0 saturated carbocycles. The predicted octanol–water partition coefficient (Wildman–Crippen LogP) is 13.7. The third-order valence-electron chi connectivity index (χ3n) is 11.6. The summed E-state index contributed by atoms with van der Waals surface area (Å²) >= 11 is 0. The third kappa shape index (κ3) is 6.69. The van der Waals surface area contributed by atoms with Gasteiger partial charge in [0.25, 0.3) is 0 Å². The van der Waals surface area contributed by atoms with Crippen molar-refractivity contribution < 1.29 is 0 Å². The standard InChI is InChI=1S/C55H38N4/c1-55(2)50-30-28-46(34-49(50)48-29-19-36(35-56)31-51(48)55)44-16-9-15-43(32-44)45-17-10-18-47(33-45)54-58-52(41-24-20-39(21-25-41)37-11-5-3-6-12-37)57-53(59-54)42-26-22-40(23-27-42)38-13-7-4-8-14-38/h3-34H,1-2H3. The molecular formula is C55H38N4. The molecular weight excluding hydrogens is 717 g/mol. The van der Waals surface area contributed by atoms with Crippen molar-refractivity contribution in [2.24, 2.45) is 0 Å². The van der Waals surface area contributed by atoms with E-state index in [0.717, 1.165) is 61.2 Å². The molecule has 8 aromatic carbocycles. The average molecular weight is 755 g/mol. The Morgan fingerprint density at radius 1 is 0.339 bits per heavy atom. The molecule has 4 nitrogen and oxygen atoms in total. The van der Waals surface area contributed by atoms with Crippen LogP contribution in [-0.2, 0) is 5.41 Å². The van der Waals surface area contributed by atoms with E-state index in [9.17, 15) is 5.26 Å². The summed E-state index contributed by atoms with van der Waals surface area (Å²) in [6.45, 7) is 4.49. The third-order valence-corrected chi connectivity index (χ3v) is 11.6. The molecule has 0 aliphatic heterocycles. The summed E-state index contributed by atoms with van der Waals surface area (Å²) in [5.41, 5.74) is 17.2. The fourth-order valence-electron chi connectivity index (χ4n) is 8.37. The molecule has 9 aromatic rings. The molecule has 0 fully saturated rings. The van der Waals surface area contributed by atoms with Gasteiger partial charge < -0.3 is 0 Å². The topological polar surface area (TPSA) is 62.5 Å². The van der Waals surface area contributed by atoms with Gasteiger partial charge in [0.15, 0.2) is 17.5 Å². The van der Waals surface area contributed by atoms with Crippen LogP contribution in [0.3, 0.4) is 0 Å². The van der Waals surface area contributed by atoms with Crippen molar-refractivity contribution in [1.82, 2.24) is 15.0 Å². The van der Waals surface area contributed by atoms with Crippen LogP contribution in [0.2, 0.25) is 0 Å². The zero-order valence-corrected chi connectivity index (χ0v) is 32.8. The maximum absolute atomic E-state index is 9.59. The highest BCUT2D eigenvalue weighted by Crippen LogP contribution is 2.50.